The highest BCUT2D eigenvalue weighted by Crippen LogP contribution is 2.36. The zero-order valence-corrected chi connectivity index (χ0v) is 24.3. The minimum Gasteiger partial charge on any atom is -0.447 e. The molecular weight excluding hydrogens is 468 g/mol. The van der Waals surface area contributed by atoms with Crippen molar-refractivity contribution in [1.82, 2.24) is 10.2 Å². The molecule has 10 heteroatoms. The number of ether oxygens (including phenoxy) is 3. The first-order valence-electron chi connectivity index (χ1n) is 13.2. The molecule has 9 nitrogen and oxygen atoms in total. The van der Waals surface area contributed by atoms with Crippen molar-refractivity contribution in [2.45, 2.75) is 122 Å². The second kappa shape index (κ2) is 12.7. The Hall–Kier alpha value is -0.753. The number of nitrogens with one attached hydrogen (secondary N) is 1. The number of hydrogen-bond acceptors (Lipinski definition) is 8. The number of carbonyl (C=O) groups excluding carboxylic acids is 1. The van der Waals surface area contributed by atoms with Crippen LogP contribution in [0.3, 0.4) is 0 Å². The van der Waals surface area contributed by atoms with E-state index in [9.17, 15) is 4.79 Å². The summed E-state index contributed by atoms with van der Waals surface area (Å²) in [4.78, 5) is 14.2. The Morgan fingerprint density at radius 3 is 2.43 bits per heavy atom. The van der Waals surface area contributed by atoms with Gasteiger partial charge >= 0.3 is 14.7 Å². The van der Waals surface area contributed by atoms with Gasteiger partial charge < -0.3 is 28.2 Å². The Morgan fingerprint density at radius 2 is 1.80 bits per heavy atom. The number of aliphatic hydroxyl groups is 1. The fourth-order valence-corrected chi connectivity index (χ4v) is 8.91. The van der Waals surface area contributed by atoms with Gasteiger partial charge in [0, 0.05) is 25.5 Å². The molecule has 0 saturated carbocycles. The molecule has 4 atom stereocenters. The average Bonchev–Trinajstić information content (AvgIpc) is 2.66. The Balaban J connectivity index is 1.81. The Labute approximate surface area is 213 Å². The van der Waals surface area contributed by atoms with Gasteiger partial charge in [-0.05, 0) is 86.9 Å². The van der Waals surface area contributed by atoms with Crippen LogP contribution < -0.4 is 5.32 Å². The van der Waals surface area contributed by atoms with E-state index in [4.69, 9.17) is 28.2 Å². The highest BCUT2D eigenvalue weighted by Gasteiger charge is 2.44. The van der Waals surface area contributed by atoms with Crippen molar-refractivity contribution in [1.29, 1.82) is 0 Å². The molecule has 0 aromatic rings. The maximum Gasteiger partial charge on any atom is 0.410 e. The van der Waals surface area contributed by atoms with Crippen molar-refractivity contribution in [3.8, 4) is 0 Å². The number of carbonyl (C=O) groups is 1. The van der Waals surface area contributed by atoms with Gasteiger partial charge in [-0.3, -0.25) is 10.2 Å². The van der Waals surface area contributed by atoms with Crippen LogP contribution in [0.4, 0.5) is 4.79 Å². The lowest BCUT2D eigenvalue weighted by atomic mass is 9.97. The van der Waals surface area contributed by atoms with Gasteiger partial charge in [-0.15, -0.1) is 0 Å². The summed E-state index contributed by atoms with van der Waals surface area (Å²) in [6.45, 7) is 18.1. The number of aliphatic hydroxyl groups excluding tert-OH is 1. The molecule has 2 N–H and O–H groups in total. The van der Waals surface area contributed by atoms with Gasteiger partial charge in [0.15, 0.2) is 5.79 Å². The van der Waals surface area contributed by atoms with Gasteiger partial charge in [0.25, 0.3) is 0 Å². The third-order valence-electron chi connectivity index (χ3n) is 6.36. The molecule has 2 aliphatic heterocycles. The molecule has 0 spiro atoms. The van der Waals surface area contributed by atoms with Gasteiger partial charge in [0.1, 0.15) is 6.61 Å². The summed E-state index contributed by atoms with van der Waals surface area (Å²) < 4.78 is 30.0. The number of rotatable bonds is 12. The van der Waals surface area contributed by atoms with Gasteiger partial charge in [0.05, 0.1) is 30.6 Å². The summed E-state index contributed by atoms with van der Waals surface area (Å²) in [6.07, 6.45) is 3.92. The Morgan fingerprint density at radius 1 is 1.11 bits per heavy atom. The van der Waals surface area contributed by atoms with Crippen LogP contribution in [0, 0.1) is 0 Å². The van der Waals surface area contributed by atoms with Crippen molar-refractivity contribution in [2.24, 2.45) is 0 Å². The zero-order valence-electron chi connectivity index (χ0n) is 23.3. The summed E-state index contributed by atoms with van der Waals surface area (Å²) in [7, 11) is -2.22. The summed E-state index contributed by atoms with van der Waals surface area (Å²) in [5.74, 6) is -0.680. The van der Waals surface area contributed by atoms with Crippen LogP contribution in [0.25, 0.3) is 0 Å². The second-order valence-corrected chi connectivity index (χ2v) is 14.9. The van der Waals surface area contributed by atoms with Crippen LogP contribution in [0.5, 0.6) is 0 Å². The van der Waals surface area contributed by atoms with E-state index in [-0.39, 0.29) is 36.6 Å². The molecule has 0 radical (unpaired) electrons. The van der Waals surface area contributed by atoms with E-state index in [1.807, 2.05) is 6.92 Å². The topological polar surface area (TPSA) is 98.7 Å². The van der Waals surface area contributed by atoms with E-state index in [1.165, 1.54) is 0 Å². The maximum atomic E-state index is 12.5. The van der Waals surface area contributed by atoms with Crippen molar-refractivity contribution in [3.05, 3.63) is 0 Å². The Bertz CT molecular complexity index is 680. The highest BCUT2D eigenvalue weighted by atomic mass is 28.4. The molecule has 4 unspecified atom stereocenters. The minimum absolute atomic E-state index is 0.0163. The molecule has 2 rings (SSSR count). The van der Waals surface area contributed by atoms with E-state index in [0.29, 0.717) is 26.1 Å². The van der Waals surface area contributed by atoms with Crippen molar-refractivity contribution >= 4 is 14.7 Å². The van der Waals surface area contributed by atoms with E-state index in [2.05, 4.69) is 53.4 Å². The number of amides is 1. The SMILES string of the molecule is CC1CC(C)(C)OC(C)(CCCN(CNCCC[Si]2(C)OC(C)CC(C)(C)O2)C(=O)OCCO)O1. The summed E-state index contributed by atoms with van der Waals surface area (Å²) in [6, 6.07) is 0.893. The zero-order chi connectivity index (χ0) is 26.3. The molecule has 0 aromatic carbocycles. The molecule has 206 valence electrons. The van der Waals surface area contributed by atoms with Gasteiger partial charge in [0.2, 0.25) is 0 Å². The van der Waals surface area contributed by atoms with Crippen molar-refractivity contribution in [2.75, 3.05) is 33.0 Å². The van der Waals surface area contributed by atoms with Crippen LogP contribution in [0.15, 0.2) is 0 Å². The summed E-state index contributed by atoms with van der Waals surface area (Å²) >= 11 is 0. The lowest BCUT2D eigenvalue weighted by Crippen LogP contribution is -2.54. The second-order valence-electron chi connectivity index (χ2n) is 11.7. The summed E-state index contributed by atoms with van der Waals surface area (Å²) in [5, 5.41) is 12.4. The maximum absolute atomic E-state index is 12.5. The monoisotopic (exact) mass is 518 g/mol. The lowest BCUT2D eigenvalue weighted by molar-refractivity contribution is -0.333. The first kappa shape index (κ1) is 30.5. The largest absolute Gasteiger partial charge is 0.447 e. The van der Waals surface area contributed by atoms with Crippen LogP contribution in [0.2, 0.25) is 12.6 Å². The fraction of sp³-hybridized carbons (Fsp3) is 0.960. The smallest absolute Gasteiger partial charge is 0.410 e. The predicted molar refractivity (Wildman–Crippen MR) is 137 cm³/mol. The van der Waals surface area contributed by atoms with E-state index in [0.717, 1.165) is 31.9 Å². The quantitative estimate of drug-likeness (QED) is 0.226. The molecule has 2 saturated heterocycles. The molecular formula is C25H50N2O7Si. The van der Waals surface area contributed by atoms with Gasteiger partial charge in [-0.1, -0.05) is 0 Å². The van der Waals surface area contributed by atoms with E-state index >= 15 is 0 Å². The normalized spacial score (nSPS) is 32.3. The summed E-state index contributed by atoms with van der Waals surface area (Å²) in [5.41, 5.74) is -0.388. The standard InChI is InChI=1S/C25H50N2O7Si/c1-20-17-23(3,4)33-25(7,31-20)11-9-13-27(22(29)30-15-14-28)19-26-12-10-16-35(8)32-21(2)18-24(5,6)34-35/h20-21,26,28H,9-19H2,1-8H3. The highest BCUT2D eigenvalue weighted by molar-refractivity contribution is 6.66. The first-order chi connectivity index (χ1) is 16.2. The first-order valence-corrected chi connectivity index (χ1v) is 15.7. The number of nitrogens with zero attached hydrogens (tertiary/aromatic N) is 1. The molecule has 0 aliphatic carbocycles. The van der Waals surface area contributed by atoms with E-state index < -0.39 is 20.4 Å². The van der Waals surface area contributed by atoms with Crippen LogP contribution in [0.1, 0.15) is 80.6 Å². The van der Waals surface area contributed by atoms with Crippen LogP contribution in [-0.2, 0) is 23.1 Å². The Kier molecular flexibility index (Phi) is 11.0. The fourth-order valence-electron chi connectivity index (χ4n) is 5.64. The van der Waals surface area contributed by atoms with Gasteiger partial charge in [-0.2, -0.15) is 0 Å². The molecule has 35 heavy (non-hydrogen) atoms. The third kappa shape index (κ3) is 10.6. The minimum atomic E-state index is -2.22. The molecule has 1 amide bonds. The van der Waals surface area contributed by atoms with Gasteiger partial charge in [-0.25, -0.2) is 4.79 Å². The van der Waals surface area contributed by atoms with E-state index in [1.54, 1.807) is 4.90 Å². The third-order valence-corrected chi connectivity index (χ3v) is 9.51. The number of hydrogen-bond donors (Lipinski definition) is 2. The van der Waals surface area contributed by atoms with Crippen molar-refractivity contribution < 1.29 is 33.0 Å². The molecule has 2 aliphatic rings. The van der Waals surface area contributed by atoms with Crippen LogP contribution in [-0.4, -0.2) is 86.8 Å². The average molecular weight is 519 g/mol. The molecule has 2 heterocycles. The van der Waals surface area contributed by atoms with Crippen LogP contribution >= 0.6 is 0 Å². The molecule has 2 fully saturated rings. The molecule has 0 bridgehead atoms. The predicted octanol–water partition coefficient (Wildman–Crippen LogP) is 4.13. The van der Waals surface area contributed by atoms with Crippen molar-refractivity contribution in [3.63, 3.8) is 0 Å². The molecule has 0 aromatic heterocycles. The lowest BCUT2D eigenvalue weighted by Gasteiger charge is -2.46.